The number of ether oxygens (including phenoxy) is 1. The van der Waals surface area contributed by atoms with Crippen molar-refractivity contribution in [2.45, 2.75) is 33.1 Å². The number of nitrogens with zero attached hydrogens (tertiary/aromatic N) is 1. The molecule has 1 atom stereocenters. The highest BCUT2D eigenvalue weighted by Crippen LogP contribution is 2.35. The van der Waals surface area contributed by atoms with E-state index in [9.17, 15) is 4.79 Å². The molecule has 0 saturated heterocycles. The number of carboxylic acids is 1. The van der Waals surface area contributed by atoms with Crippen molar-refractivity contribution in [2.75, 3.05) is 6.61 Å². The molecule has 102 valence electrons. The van der Waals surface area contributed by atoms with Gasteiger partial charge in [0.25, 0.3) is 0 Å². The highest BCUT2D eigenvalue weighted by Gasteiger charge is 2.18. The van der Waals surface area contributed by atoms with Gasteiger partial charge in [0.2, 0.25) is 5.88 Å². The second-order valence-electron chi connectivity index (χ2n) is 5.10. The maximum Gasteiger partial charge on any atom is 0.341 e. The van der Waals surface area contributed by atoms with Crippen LogP contribution in [-0.2, 0) is 4.79 Å². The molecule has 2 rings (SSSR count). The molecule has 0 aliphatic heterocycles. The number of rotatable bonds is 4. The fourth-order valence-corrected chi connectivity index (χ4v) is 2.36. The van der Waals surface area contributed by atoms with Crippen molar-refractivity contribution in [3.8, 4) is 5.88 Å². The van der Waals surface area contributed by atoms with Crippen molar-refractivity contribution < 1.29 is 14.6 Å². The molecule has 1 heterocycles. The van der Waals surface area contributed by atoms with Gasteiger partial charge >= 0.3 is 5.97 Å². The van der Waals surface area contributed by atoms with Crippen molar-refractivity contribution in [3.05, 3.63) is 29.5 Å². The highest BCUT2D eigenvalue weighted by atomic mass is 16.5. The first-order valence-corrected chi connectivity index (χ1v) is 6.57. The summed E-state index contributed by atoms with van der Waals surface area (Å²) >= 11 is 0. The molecule has 1 aliphatic rings. The number of aryl methyl sites for hydroxylation is 1. The van der Waals surface area contributed by atoms with Crippen LogP contribution in [0.4, 0.5) is 0 Å². The molecule has 0 radical (unpaired) electrons. The fraction of sp³-hybridized carbons (Fsp3) is 0.467. The fourth-order valence-electron chi connectivity index (χ4n) is 2.36. The van der Waals surface area contributed by atoms with E-state index >= 15 is 0 Å². The van der Waals surface area contributed by atoms with Crippen LogP contribution in [0.5, 0.6) is 5.88 Å². The zero-order valence-electron chi connectivity index (χ0n) is 11.3. The largest absolute Gasteiger partial charge is 0.479 e. The van der Waals surface area contributed by atoms with Crippen LogP contribution in [0.25, 0.3) is 5.57 Å². The summed E-state index contributed by atoms with van der Waals surface area (Å²) in [6.45, 7) is 3.89. The van der Waals surface area contributed by atoms with Gasteiger partial charge in [-0.3, -0.25) is 0 Å². The third kappa shape index (κ3) is 3.34. The van der Waals surface area contributed by atoms with E-state index < -0.39 is 5.97 Å². The average molecular weight is 261 g/mol. The molecule has 1 unspecified atom stereocenters. The van der Waals surface area contributed by atoms with Crippen molar-refractivity contribution in [2.24, 2.45) is 5.92 Å². The Hall–Kier alpha value is -1.84. The van der Waals surface area contributed by atoms with Crippen LogP contribution in [0.3, 0.4) is 0 Å². The van der Waals surface area contributed by atoms with E-state index in [0.29, 0.717) is 11.8 Å². The molecule has 0 spiro atoms. The topological polar surface area (TPSA) is 59.4 Å². The van der Waals surface area contributed by atoms with Crippen LogP contribution >= 0.6 is 0 Å². The molecule has 0 aromatic carbocycles. The molecule has 0 saturated carbocycles. The Labute approximate surface area is 113 Å². The van der Waals surface area contributed by atoms with E-state index in [4.69, 9.17) is 9.84 Å². The molecular weight excluding hydrogens is 242 g/mol. The lowest BCUT2D eigenvalue weighted by atomic mass is 9.87. The number of aromatic nitrogens is 1. The van der Waals surface area contributed by atoms with Gasteiger partial charge in [0.05, 0.1) is 0 Å². The Morgan fingerprint density at radius 2 is 2.37 bits per heavy atom. The lowest BCUT2D eigenvalue weighted by molar-refractivity contribution is -0.139. The number of aliphatic carboxylic acids is 1. The van der Waals surface area contributed by atoms with Crippen molar-refractivity contribution in [1.82, 2.24) is 4.98 Å². The van der Waals surface area contributed by atoms with Crippen LogP contribution in [0.15, 0.2) is 18.3 Å². The Balaban J connectivity index is 2.30. The van der Waals surface area contributed by atoms with E-state index in [0.717, 1.165) is 30.4 Å². The summed E-state index contributed by atoms with van der Waals surface area (Å²) in [6, 6.07) is 1.93. The van der Waals surface area contributed by atoms with Crippen LogP contribution in [-0.4, -0.2) is 22.7 Å². The third-order valence-electron chi connectivity index (χ3n) is 3.45. The number of carboxylic acid groups (broad SMARTS) is 1. The molecule has 0 fully saturated rings. The van der Waals surface area contributed by atoms with Crippen LogP contribution in [0, 0.1) is 12.8 Å². The molecule has 1 N–H and O–H groups in total. The summed E-state index contributed by atoms with van der Waals surface area (Å²) < 4.78 is 5.31. The molecule has 19 heavy (non-hydrogen) atoms. The summed E-state index contributed by atoms with van der Waals surface area (Å²) in [5, 5.41) is 8.71. The van der Waals surface area contributed by atoms with E-state index in [1.807, 2.05) is 13.0 Å². The van der Waals surface area contributed by atoms with E-state index in [-0.39, 0.29) is 6.61 Å². The van der Waals surface area contributed by atoms with E-state index in [1.54, 1.807) is 6.20 Å². The summed E-state index contributed by atoms with van der Waals surface area (Å²) in [5.41, 5.74) is 3.27. The van der Waals surface area contributed by atoms with E-state index in [1.165, 1.54) is 5.57 Å². The first kappa shape index (κ1) is 13.6. The second-order valence-corrected chi connectivity index (χ2v) is 5.10. The summed E-state index contributed by atoms with van der Waals surface area (Å²) in [5.74, 6) is 0.160. The molecule has 1 aromatic heterocycles. The number of pyridine rings is 1. The maximum absolute atomic E-state index is 10.6. The zero-order valence-corrected chi connectivity index (χ0v) is 11.3. The summed E-state index contributed by atoms with van der Waals surface area (Å²) in [7, 11) is 0. The van der Waals surface area contributed by atoms with Crippen LogP contribution in [0.1, 0.15) is 37.3 Å². The van der Waals surface area contributed by atoms with Crippen LogP contribution < -0.4 is 4.74 Å². The predicted molar refractivity (Wildman–Crippen MR) is 73.1 cm³/mol. The van der Waals surface area contributed by atoms with Crippen LogP contribution in [0.2, 0.25) is 0 Å². The Kier molecular flexibility index (Phi) is 4.20. The molecule has 0 bridgehead atoms. The van der Waals surface area contributed by atoms with Crippen molar-refractivity contribution >= 4 is 11.5 Å². The highest BCUT2D eigenvalue weighted by molar-refractivity contribution is 5.73. The summed E-state index contributed by atoms with van der Waals surface area (Å²) in [4.78, 5) is 14.8. The molecule has 4 heteroatoms. The minimum atomic E-state index is -0.986. The van der Waals surface area contributed by atoms with Gasteiger partial charge in [0, 0.05) is 11.8 Å². The number of carbonyl (C=O) groups is 1. The smallest absolute Gasteiger partial charge is 0.341 e. The lowest BCUT2D eigenvalue weighted by Gasteiger charge is -2.21. The van der Waals surface area contributed by atoms with Gasteiger partial charge in [-0.05, 0) is 49.3 Å². The minimum absolute atomic E-state index is 0.354. The Morgan fingerprint density at radius 1 is 1.58 bits per heavy atom. The minimum Gasteiger partial charge on any atom is -0.479 e. The molecule has 1 aliphatic carbocycles. The molecular formula is C15H19NO3. The standard InChI is InChI=1S/C15H19NO3/c1-10-3-5-12(6-4-10)14-11(2)7-8-16-15(14)19-9-13(17)18/h5,7-8,10H,3-4,6,9H2,1-2H3,(H,17,18). The van der Waals surface area contributed by atoms with Gasteiger partial charge < -0.3 is 9.84 Å². The number of hydrogen-bond donors (Lipinski definition) is 1. The van der Waals surface area contributed by atoms with Gasteiger partial charge in [0.15, 0.2) is 6.61 Å². The van der Waals surface area contributed by atoms with Gasteiger partial charge in [-0.15, -0.1) is 0 Å². The predicted octanol–water partition coefficient (Wildman–Crippen LogP) is 3.06. The van der Waals surface area contributed by atoms with Crippen molar-refractivity contribution in [1.29, 1.82) is 0 Å². The molecule has 1 aromatic rings. The van der Waals surface area contributed by atoms with Gasteiger partial charge in [0.1, 0.15) is 0 Å². The number of hydrogen-bond acceptors (Lipinski definition) is 3. The Morgan fingerprint density at radius 3 is 3.00 bits per heavy atom. The van der Waals surface area contributed by atoms with Gasteiger partial charge in [-0.1, -0.05) is 13.0 Å². The SMILES string of the molecule is Cc1ccnc(OCC(=O)O)c1C1=CCC(C)CC1. The van der Waals surface area contributed by atoms with Gasteiger partial charge in [-0.25, -0.2) is 9.78 Å². The average Bonchev–Trinajstić information content (AvgIpc) is 2.38. The van der Waals surface area contributed by atoms with E-state index in [2.05, 4.69) is 18.0 Å². The van der Waals surface area contributed by atoms with Gasteiger partial charge in [-0.2, -0.15) is 0 Å². The van der Waals surface area contributed by atoms with Crippen molar-refractivity contribution in [3.63, 3.8) is 0 Å². The molecule has 4 nitrogen and oxygen atoms in total. The monoisotopic (exact) mass is 261 g/mol. The lowest BCUT2D eigenvalue weighted by Crippen LogP contribution is -2.12. The quantitative estimate of drug-likeness (QED) is 0.905. The zero-order chi connectivity index (χ0) is 13.8. The second kappa shape index (κ2) is 5.87. The Bertz CT molecular complexity index is 508. The molecule has 0 amide bonds. The first-order valence-electron chi connectivity index (χ1n) is 6.57. The third-order valence-corrected chi connectivity index (χ3v) is 3.45. The normalized spacial score (nSPS) is 18.8. The summed E-state index contributed by atoms with van der Waals surface area (Å²) in [6.07, 6.45) is 7.09. The maximum atomic E-state index is 10.6. The first-order chi connectivity index (χ1) is 9.08. The number of allylic oxidation sites excluding steroid dienone is 2.